The molecule has 0 amide bonds. The molecule has 2 unspecified atom stereocenters. The van der Waals surface area contributed by atoms with Gasteiger partial charge in [0, 0.05) is 83.1 Å². The number of rotatable bonds is 26. The predicted molar refractivity (Wildman–Crippen MR) is 305 cm³/mol. The third kappa shape index (κ3) is 13.9. The number of esters is 2. The largest absolute Gasteiger partial charge is 0.493 e. The van der Waals surface area contributed by atoms with Crippen LogP contribution < -0.4 is 29.6 Å². The van der Waals surface area contributed by atoms with Crippen LogP contribution in [0.15, 0.2) is 143 Å². The quantitative estimate of drug-likeness (QED) is 0.0227. The zero-order valence-corrected chi connectivity index (χ0v) is 46.7. The van der Waals surface area contributed by atoms with Gasteiger partial charge in [0.15, 0.2) is 23.0 Å². The molecule has 4 N–H and O–H groups in total. The lowest BCUT2D eigenvalue weighted by Gasteiger charge is -2.46. The Kier molecular flexibility index (Phi) is 19.2. The number of benzene rings is 6. The summed E-state index contributed by atoms with van der Waals surface area (Å²) in [7, 11) is 3.01. The maximum absolute atomic E-state index is 12.2. The van der Waals surface area contributed by atoms with E-state index in [-0.39, 0.29) is 24.7 Å². The topological polar surface area (TPSA) is 196 Å². The first-order valence-electron chi connectivity index (χ1n) is 25.5. The number of carbonyl (C=O) groups is 2. The molecule has 0 spiro atoms. The van der Waals surface area contributed by atoms with Crippen molar-refractivity contribution >= 4 is 88.6 Å². The highest BCUT2D eigenvalue weighted by atomic mass is 79.9. The van der Waals surface area contributed by atoms with E-state index in [0.29, 0.717) is 83.5 Å². The van der Waals surface area contributed by atoms with Crippen LogP contribution in [-0.4, -0.2) is 69.5 Å². The maximum atomic E-state index is 12.2. The van der Waals surface area contributed by atoms with Gasteiger partial charge in [-0.15, -0.1) is 0 Å². The van der Waals surface area contributed by atoms with Crippen molar-refractivity contribution in [2.24, 2.45) is 0 Å². The molecule has 0 saturated heterocycles. The molecule has 8 rings (SSSR count). The van der Waals surface area contributed by atoms with Crippen LogP contribution >= 0.6 is 31.9 Å². The van der Waals surface area contributed by atoms with Gasteiger partial charge in [0.25, 0.3) is 0 Å². The Balaban J connectivity index is 1.30. The molecule has 8 aromatic rings. The number of carbonyl (C=O) groups excluding carboxylic acids is 2. The molecule has 6 aromatic carbocycles. The lowest BCUT2D eigenvalue weighted by Crippen LogP contribution is -2.44. The minimum absolute atomic E-state index is 0.0658. The van der Waals surface area contributed by atoms with E-state index in [0.717, 1.165) is 68.3 Å². The predicted octanol–water partition coefficient (Wildman–Crippen LogP) is 13.2. The number of hydrogen-bond donors (Lipinski definition) is 4. The number of aliphatic hydroxyl groups is 2. The number of methoxy groups -OCH3 is 2. The maximum Gasteiger partial charge on any atom is 0.308 e. The first-order valence-corrected chi connectivity index (χ1v) is 27.1. The minimum atomic E-state index is -1.02. The van der Waals surface area contributed by atoms with Crippen molar-refractivity contribution in [1.82, 2.24) is 19.9 Å². The Bertz CT molecular complexity index is 3100. The third-order valence-electron chi connectivity index (χ3n) is 13.4. The molecule has 0 bridgehead atoms. The van der Waals surface area contributed by atoms with Gasteiger partial charge in [-0.25, -0.2) is 19.9 Å². The molecule has 2 heterocycles. The molecular weight excluding hydrogens is 1110 g/mol. The van der Waals surface area contributed by atoms with Crippen molar-refractivity contribution in [2.45, 2.75) is 89.3 Å². The first-order chi connectivity index (χ1) is 37.4. The zero-order chi connectivity index (χ0) is 54.4. The SMILES string of the molecule is COc1cc2ncnc(Nc3cc(Br)ccc3CC(CCCCCO)(OC(CCCCCO)(Cc3ccc(Br)cc3Nc3ncnc4cc(OC)c(OC(C)=O)cc34)c3ccccc3)c3ccccc3)c2cc1OC(C)=O. The lowest BCUT2D eigenvalue weighted by molar-refractivity contribution is -0.178. The summed E-state index contributed by atoms with van der Waals surface area (Å²) in [6, 6.07) is 39.8. The third-order valence-corrected chi connectivity index (χ3v) is 14.4. The summed E-state index contributed by atoms with van der Waals surface area (Å²) in [5.41, 5.74) is 4.41. The molecule has 0 aliphatic heterocycles. The normalized spacial score (nSPS) is 12.9. The van der Waals surface area contributed by atoms with Crippen molar-refractivity contribution < 1.29 is 43.5 Å². The molecular formula is C60H62Br2N6O9. The first kappa shape index (κ1) is 56.2. The number of fused-ring (bicyclic) bond motifs is 2. The summed E-state index contributed by atoms with van der Waals surface area (Å²) in [6.07, 6.45) is 9.12. The van der Waals surface area contributed by atoms with Crippen LogP contribution in [0.1, 0.15) is 87.5 Å². The van der Waals surface area contributed by atoms with E-state index in [1.165, 1.54) is 40.7 Å². The van der Waals surface area contributed by atoms with Crippen LogP contribution in [0.5, 0.6) is 23.0 Å². The number of aliphatic hydroxyl groups excluding tert-OH is 2. The highest BCUT2D eigenvalue weighted by Crippen LogP contribution is 2.49. The second-order valence-electron chi connectivity index (χ2n) is 18.8. The van der Waals surface area contributed by atoms with Gasteiger partial charge in [0.1, 0.15) is 24.3 Å². The molecule has 17 heteroatoms. The van der Waals surface area contributed by atoms with Gasteiger partial charge in [0.2, 0.25) is 0 Å². The van der Waals surface area contributed by atoms with Gasteiger partial charge in [-0.3, -0.25) is 9.59 Å². The number of nitrogens with zero attached hydrogens (tertiary/aromatic N) is 4. The summed E-state index contributed by atoms with van der Waals surface area (Å²) >= 11 is 7.53. The fraction of sp³-hybridized carbons (Fsp3) is 0.300. The molecule has 0 fully saturated rings. The van der Waals surface area contributed by atoms with Crippen LogP contribution in [0.4, 0.5) is 23.0 Å². The Morgan fingerprint density at radius 1 is 0.519 bits per heavy atom. The van der Waals surface area contributed by atoms with Crippen LogP contribution in [0.25, 0.3) is 21.8 Å². The monoisotopic (exact) mass is 1170 g/mol. The van der Waals surface area contributed by atoms with E-state index in [1.54, 1.807) is 24.3 Å². The highest BCUT2D eigenvalue weighted by Gasteiger charge is 2.45. The van der Waals surface area contributed by atoms with Gasteiger partial charge in [0.05, 0.1) is 36.5 Å². The molecule has 400 valence electrons. The summed E-state index contributed by atoms with van der Waals surface area (Å²) in [5.74, 6) is 1.15. The van der Waals surface area contributed by atoms with Crippen LogP contribution in [-0.2, 0) is 38.4 Å². The van der Waals surface area contributed by atoms with Crippen molar-refractivity contribution in [3.8, 4) is 23.0 Å². The van der Waals surface area contributed by atoms with Gasteiger partial charge in [-0.2, -0.15) is 0 Å². The molecule has 2 atom stereocenters. The van der Waals surface area contributed by atoms with Gasteiger partial charge >= 0.3 is 11.9 Å². The lowest BCUT2D eigenvalue weighted by atomic mass is 9.77. The van der Waals surface area contributed by atoms with Gasteiger partial charge in [-0.1, -0.05) is 130 Å². The number of aromatic nitrogens is 4. The summed E-state index contributed by atoms with van der Waals surface area (Å²) in [5, 5.41) is 28.7. The van der Waals surface area contributed by atoms with Gasteiger partial charge < -0.3 is 44.5 Å². The standard InChI is InChI=1S/C60H62Br2N6O9/c1-39(71)75-55-31-47-51(33-53(55)73-3)63-37-65-57(47)67-49-29-45(61)23-21-41(49)35-59(25-13-7-15-27-69,43-17-9-5-10-18-43)77-60(26-14-8-16-28-70,44-19-11-6-12-20-44)36-42-22-24-46(62)30-50(42)68-58-48-32-56(76-40(2)72)54(74-4)34-52(48)64-38-66-58/h5-6,9-12,17-24,29-34,37-38,69-70H,7-8,13-16,25-28,35-36H2,1-4H3,(H,63,65,67)(H,64,66,68). The van der Waals surface area contributed by atoms with Gasteiger partial charge in [-0.05, 0) is 84.3 Å². The zero-order valence-electron chi connectivity index (χ0n) is 43.5. The number of halogens is 2. The van der Waals surface area contributed by atoms with E-state index < -0.39 is 23.1 Å². The van der Waals surface area contributed by atoms with E-state index in [2.05, 4.69) is 88.9 Å². The number of unbranched alkanes of at least 4 members (excludes halogenated alkanes) is 4. The minimum Gasteiger partial charge on any atom is -0.493 e. The summed E-state index contributed by atoms with van der Waals surface area (Å²) < 4.78 is 32.3. The summed E-state index contributed by atoms with van der Waals surface area (Å²) in [6.45, 7) is 2.80. The molecule has 2 aromatic heterocycles. The van der Waals surface area contributed by atoms with Crippen molar-refractivity contribution in [2.75, 3.05) is 38.1 Å². The molecule has 0 radical (unpaired) electrons. The van der Waals surface area contributed by atoms with E-state index >= 15 is 0 Å². The molecule has 77 heavy (non-hydrogen) atoms. The average molecular weight is 1170 g/mol. The Hall–Kier alpha value is -7.02. The van der Waals surface area contributed by atoms with Crippen LogP contribution in [0, 0.1) is 0 Å². The number of anilines is 4. The Morgan fingerprint density at radius 2 is 0.935 bits per heavy atom. The van der Waals surface area contributed by atoms with E-state index in [1.807, 2.05) is 60.7 Å². The Labute approximate surface area is 465 Å². The average Bonchev–Trinajstić information content (AvgIpc) is 3.47. The van der Waals surface area contributed by atoms with E-state index in [4.69, 9.17) is 33.7 Å². The molecule has 15 nitrogen and oxygen atoms in total. The fourth-order valence-electron chi connectivity index (χ4n) is 9.84. The van der Waals surface area contributed by atoms with Crippen LogP contribution in [0.3, 0.4) is 0 Å². The van der Waals surface area contributed by atoms with Crippen molar-refractivity contribution in [1.29, 1.82) is 0 Å². The van der Waals surface area contributed by atoms with Crippen LogP contribution in [0.2, 0.25) is 0 Å². The molecule has 0 aliphatic rings. The number of nitrogens with one attached hydrogen (secondary N) is 2. The van der Waals surface area contributed by atoms with E-state index in [9.17, 15) is 19.8 Å². The Morgan fingerprint density at radius 3 is 1.31 bits per heavy atom. The second-order valence-corrected chi connectivity index (χ2v) is 20.6. The molecule has 0 aliphatic carbocycles. The fourth-order valence-corrected chi connectivity index (χ4v) is 10.6. The molecule has 0 saturated carbocycles. The summed E-state index contributed by atoms with van der Waals surface area (Å²) in [4.78, 5) is 43.0. The number of hydrogen-bond acceptors (Lipinski definition) is 15. The highest BCUT2D eigenvalue weighted by molar-refractivity contribution is 9.10. The smallest absolute Gasteiger partial charge is 0.308 e. The van der Waals surface area contributed by atoms with Crippen molar-refractivity contribution in [3.63, 3.8) is 0 Å². The second kappa shape index (κ2) is 26.4. The number of ether oxygens (including phenoxy) is 5. The van der Waals surface area contributed by atoms with Crippen molar-refractivity contribution in [3.05, 3.63) is 165 Å².